The number of aliphatic hydroxyl groups is 4. The van der Waals surface area contributed by atoms with Crippen molar-refractivity contribution in [1.82, 2.24) is 0 Å². The monoisotopic (exact) mass is 434 g/mol. The summed E-state index contributed by atoms with van der Waals surface area (Å²) < 4.78 is 11.1. The van der Waals surface area contributed by atoms with Crippen LogP contribution in [0.15, 0.2) is 36.4 Å². The van der Waals surface area contributed by atoms with E-state index in [1.807, 2.05) is 50.2 Å². The van der Waals surface area contributed by atoms with Crippen LogP contribution in [0.5, 0.6) is 11.5 Å². The summed E-state index contributed by atoms with van der Waals surface area (Å²) in [5, 5.41) is 39.5. The van der Waals surface area contributed by atoms with Crippen LogP contribution in [0.2, 0.25) is 0 Å². The average molecular weight is 435 g/mol. The number of rotatable bonds is 7. The molecule has 6 nitrogen and oxygen atoms in total. The van der Waals surface area contributed by atoms with Crippen LogP contribution in [0.3, 0.4) is 0 Å². The lowest BCUT2D eigenvalue weighted by Crippen LogP contribution is -2.51. The molecule has 3 rings (SSSR count). The van der Waals surface area contributed by atoms with Gasteiger partial charge in [0.15, 0.2) is 0 Å². The van der Waals surface area contributed by atoms with E-state index in [0.717, 1.165) is 28.0 Å². The fourth-order valence-electron chi connectivity index (χ4n) is 3.78. The van der Waals surface area contributed by atoms with Crippen LogP contribution >= 0.6 is 11.8 Å². The van der Waals surface area contributed by atoms with Gasteiger partial charge in [-0.2, -0.15) is 0 Å². The lowest BCUT2D eigenvalue weighted by atomic mass is 9.92. The quantitative estimate of drug-likeness (QED) is 0.530. The molecule has 1 heterocycles. The van der Waals surface area contributed by atoms with Crippen molar-refractivity contribution in [3.63, 3.8) is 0 Å². The van der Waals surface area contributed by atoms with Gasteiger partial charge in [-0.15, -0.1) is 11.8 Å². The third kappa shape index (κ3) is 4.76. The van der Waals surface area contributed by atoms with Crippen molar-refractivity contribution < 1.29 is 29.9 Å². The Bertz CT molecular complexity index is 838. The molecule has 1 fully saturated rings. The van der Waals surface area contributed by atoms with Crippen LogP contribution in [0.25, 0.3) is 0 Å². The number of hydrogen-bond acceptors (Lipinski definition) is 7. The zero-order chi connectivity index (χ0) is 21.8. The van der Waals surface area contributed by atoms with E-state index in [0.29, 0.717) is 18.8 Å². The molecule has 4 N–H and O–H groups in total. The second-order valence-electron chi connectivity index (χ2n) is 7.52. The smallest absolute Gasteiger partial charge is 0.123 e. The van der Waals surface area contributed by atoms with E-state index in [9.17, 15) is 20.4 Å². The summed E-state index contributed by atoms with van der Waals surface area (Å²) in [5.74, 6) is 1.44. The number of aryl methyl sites for hydroxylation is 1. The number of hydrogen-bond donors (Lipinski definition) is 4. The molecule has 0 bridgehead atoms. The summed E-state index contributed by atoms with van der Waals surface area (Å²) in [6, 6.07) is 11.9. The van der Waals surface area contributed by atoms with E-state index in [2.05, 4.69) is 0 Å². The first-order valence-corrected chi connectivity index (χ1v) is 11.0. The molecular weight excluding hydrogens is 404 g/mol. The zero-order valence-electron chi connectivity index (χ0n) is 17.5. The normalized spacial score (nSPS) is 26.4. The van der Waals surface area contributed by atoms with Crippen molar-refractivity contribution in [2.24, 2.45) is 0 Å². The minimum absolute atomic E-state index is 0.292. The highest BCUT2D eigenvalue weighted by Crippen LogP contribution is 2.46. The van der Waals surface area contributed by atoms with Crippen LogP contribution < -0.4 is 9.47 Å². The lowest BCUT2D eigenvalue weighted by molar-refractivity contribution is -0.0701. The number of aliphatic hydroxyl groups excluding tert-OH is 4. The molecule has 2 unspecified atom stereocenters. The summed E-state index contributed by atoms with van der Waals surface area (Å²) in [7, 11) is 1.57. The predicted molar refractivity (Wildman–Crippen MR) is 117 cm³/mol. The third-order valence-corrected chi connectivity index (χ3v) is 7.12. The first kappa shape index (κ1) is 22.9. The molecule has 0 spiro atoms. The third-order valence-electron chi connectivity index (χ3n) is 5.52. The van der Waals surface area contributed by atoms with Crippen LogP contribution in [-0.2, 0) is 6.42 Å². The molecule has 7 heteroatoms. The Morgan fingerprint density at radius 2 is 1.70 bits per heavy atom. The molecule has 0 saturated carbocycles. The fraction of sp³-hybridized carbons (Fsp3) is 0.478. The Hall–Kier alpha value is -1.77. The summed E-state index contributed by atoms with van der Waals surface area (Å²) >= 11 is 1.26. The van der Waals surface area contributed by atoms with Gasteiger partial charge in [-0.1, -0.05) is 18.2 Å². The van der Waals surface area contributed by atoms with E-state index >= 15 is 0 Å². The zero-order valence-corrected chi connectivity index (χ0v) is 18.3. The van der Waals surface area contributed by atoms with Gasteiger partial charge in [-0.05, 0) is 55.2 Å². The van der Waals surface area contributed by atoms with Crippen molar-refractivity contribution >= 4 is 11.8 Å². The largest absolute Gasteiger partial charge is 0.496 e. The summed E-state index contributed by atoms with van der Waals surface area (Å²) in [5.41, 5.74) is 3.99. The van der Waals surface area contributed by atoms with Gasteiger partial charge in [0, 0.05) is 5.56 Å². The highest BCUT2D eigenvalue weighted by molar-refractivity contribution is 8.00. The van der Waals surface area contributed by atoms with Crippen molar-refractivity contribution in [2.75, 3.05) is 20.3 Å². The topological polar surface area (TPSA) is 99.4 Å². The fourth-order valence-corrected chi connectivity index (χ4v) is 5.22. The second kappa shape index (κ2) is 10.0. The predicted octanol–water partition coefficient (Wildman–Crippen LogP) is 2.22. The maximum Gasteiger partial charge on any atom is 0.123 e. The van der Waals surface area contributed by atoms with E-state index in [1.54, 1.807) is 7.11 Å². The molecule has 0 radical (unpaired) electrons. The first-order valence-electron chi connectivity index (χ1n) is 10.1. The number of ether oxygens (including phenoxy) is 2. The minimum Gasteiger partial charge on any atom is -0.496 e. The van der Waals surface area contributed by atoms with E-state index in [-0.39, 0.29) is 6.61 Å². The van der Waals surface area contributed by atoms with Gasteiger partial charge in [0.2, 0.25) is 0 Å². The summed E-state index contributed by atoms with van der Waals surface area (Å²) in [6.07, 6.45) is -3.01. The Morgan fingerprint density at radius 3 is 2.30 bits per heavy atom. The highest BCUT2D eigenvalue weighted by atomic mass is 32.2. The van der Waals surface area contributed by atoms with E-state index in [4.69, 9.17) is 9.47 Å². The lowest BCUT2D eigenvalue weighted by Gasteiger charge is -2.40. The van der Waals surface area contributed by atoms with Gasteiger partial charge in [-0.25, -0.2) is 0 Å². The molecule has 1 aliphatic rings. The number of methoxy groups -OCH3 is 1. The van der Waals surface area contributed by atoms with Crippen molar-refractivity contribution in [2.45, 2.75) is 49.1 Å². The molecular formula is C23H30O6S. The van der Waals surface area contributed by atoms with Crippen molar-refractivity contribution in [1.29, 1.82) is 0 Å². The standard InChI is InChI=1S/C23H30O6S/c1-4-29-16-7-5-14(6-8-16)10-15-11-17(18(28-3)9-13(15)2)23-22(27)21(26)20(25)19(12-24)30-23/h5-9,11,19-27H,4,10,12H2,1-3H3/t19?,20-,21?,22+,23+/m1/s1. The van der Waals surface area contributed by atoms with Gasteiger partial charge in [0.05, 0.1) is 43.0 Å². The van der Waals surface area contributed by atoms with E-state index in [1.165, 1.54) is 11.8 Å². The Kier molecular flexibility index (Phi) is 7.65. The Labute approximate surface area is 181 Å². The Balaban J connectivity index is 1.93. The number of benzene rings is 2. The molecule has 30 heavy (non-hydrogen) atoms. The SMILES string of the molecule is CCOc1ccc(Cc2cc([C@@H]3SC(CO)[C@@H](O)C(O)[C@@H]3O)c(OC)cc2C)cc1. The van der Waals surface area contributed by atoms with Crippen LogP contribution in [-0.4, -0.2) is 64.3 Å². The maximum absolute atomic E-state index is 10.6. The number of thioether (sulfide) groups is 1. The molecule has 2 aromatic rings. The summed E-state index contributed by atoms with van der Waals surface area (Å²) in [6.45, 7) is 4.29. The molecule has 164 valence electrons. The van der Waals surface area contributed by atoms with Gasteiger partial charge in [-0.3, -0.25) is 0 Å². The van der Waals surface area contributed by atoms with Crippen LogP contribution in [0.1, 0.15) is 34.4 Å². The molecule has 5 atom stereocenters. The van der Waals surface area contributed by atoms with Crippen LogP contribution in [0.4, 0.5) is 0 Å². The minimum atomic E-state index is -1.34. The second-order valence-corrected chi connectivity index (χ2v) is 8.91. The first-order chi connectivity index (χ1) is 14.4. The molecule has 2 aromatic carbocycles. The maximum atomic E-state index is 10.6. The highest BCUT2D eigenvalue weighted by Gasteiger charge is 2.44. The van der Waals surface area contributed by atoms with Crippen molar-refractivity contribution in [3.05, 3.63) is 58.7 Å². The summed E-state index contributed by atoms with van der Waals surface area (Å²) in [4.78, 5) is 0. The van der Waals surface area contributed by atoms with Gasteiger partial charge in [0.1, 0.15) is 17.6 Å². The van der Waals surface area contributed by atoms with Crippen molar-refractivity contribution in [3.8, 4) is 11.5 Å². The van der Waals surface area contributed by atoms with Crippen LogP contribution in [0, 0.1) is 6.92 Å². The Morgan fingerprint density at radius 1 is 1.00 bits per heavy atom. The molecule has 1 saturated heterocycles. The van der Waals surface area contributed by atoms with Gasteiger partial charge >= 0.3 is 0 Å². The molecule has 0 amide bonds. The molecule has 1 aliphatic heterocycles. The average Bonchev–Trinajstić information content (AvgIpc) is 2.75. The van der Waals surface area contributed by atoms with Gasteiger partial charge in [0.25, 0.3) is 0 Å². The molecule has 0 aliphatic carbocycles. The van der Waals surface area contributed by atoms with E-state index < -0.39 is 28.8 Å². The van der Waals surface area contributed by atoms with Gasteiger partial charge < -0.3 is 29.9 Å². The molecule has 0 aromatic heterocycles.